The van der Waals surface area contributed by atoms with Crippen LogP contribution in [-0.4, -0.2) is 59.9 Å². The highest BCUT2D eigenvalue weighted by Crippen LogP contribution is 2.28. The highest BCUT2D eigenvalue weighted by molar-refractivity contribution is 14.0. The minimum Gasteiger partial charge on any atom is -0.356 e. The third-order valence-corrected chi connectivity index (χ3v) is 4.10. The van der Waals surface area contributed by atoms with Crippen LogP contribution in [0.15, 0.2) is 4.99 Å². The van der Waals surface area contributed by atoms with Gasteiger partial charge in [0.2, 0.25) is 5.91 Å². The van der Waals surface area contributed by atoms with Gasteiger partial charge in [-0.1, -0.05) is 0 Å². The predicted molar refractivity (Wildman–Crippen MR) is 97.1 cm³/mol. The lowest BCUT2D eigenvalue weighted by Crippen LogP contribution is -2.66. The summed E-state index contributed by atoms with van der Waals surface area (Å²) in [6, 6.07) is 0.237. The third kappa shape index (κ3) is 4.47. The summed E-state index contributed by atoms with van der Waals surface area (Å²) in [6.07, 6.45) is 2.63. The predicted octanol–water partition coefficient (Wildman–Crippen LogP) is 1.92. The zero-order valence-corrected chi connectivity index (χ0v) is 16.2. The first-order valence-electron chi connectivity index (χ1n) is 7.63. The first-order valence-corrected chi connectivity index (χ1v) is 7.63. The number of hydrogen-bond donors (Lipinski definition) is 1. The molecular formula is C15H29IN4O. The largest absolute Gasteiger partial charge is 0.356 e. The quantitative estimate of drug-likeness (QED) is 0.441. The Kier molecular flexibility index (Phi) is 6.31. The van der Waals surface area contributed by atoms with E-state index in [-0.39, 0.29) is 41.5 Å². The Labute approximate surface area is 145 Å². The second kappa shape index (κ2) is 7.15. The van der Waals surface area contributed by atoms with Gasteiger partial charge < -0.3 is 15.1 Å². The van der Waals surface area contributed by atoms with Crippen LogP contribution in [0.1, 0.15) is 40.5 Å². The monoisotopic (exact) mass is 408 g/mol. The number of nitrogens with one attached hydrogen (secondary N) is 1. The van der Waals surface area contributed by atoms with Gasteiger partial charge >= 0.3 is 0 Å². The molecule has 0 atom stereocenters. The molecule has 1 heterocycles. The number of hydrogen-bond acceptors (Lipinski definition) is 2. The summed E-state index contributed by atoms with van der Waals surface area (Å²) < 4.78 is 0. The topological polar surface area (TPSA) is 47.9 Å². The Hall–Kier alpha value is -0.530. The number of nitrogens with zero attached hydrogens (tertiary/aromatic N) is 3. The van der Waals surface area contributed by atoms with Gasteiger partial charge in [-0.25, -0.2) is 0 Å². The van der Waals surface area contributed by atoms with E-state index in [0.717, 1.165) is 25.0 Å². The van der Waals surface area contributed by atoms with Gasteiger partial charge in [0.25, 0.3) is 0 Å². The van der Waals surface area contributed by atoms with Crippen molar-refractivity contribution in [1.29, 1.82) is 0 Å². The smallest absolute Gasteiger partial charge is 0.242 e. The van der Waals surface area contributed by atoms with E-state index >= 15 is 0 Å². The summed E-state index contributed by atoms with van der Waals surface area (Å²) in [5, 5.41) is 3.41. The molecule has 5 nitrogen and oxygen atoms in total. The molecular weight excluding hydrogens is 379 g/mol. The maximum Gasteiger partial charge on any atom is 0.242 e. The number of piperazine rings is 1. The zero-order valence-electron chi connectivity index (χ0n) is 13.8. The van der Waals surface area contributed by atoms with Gasteiger partial charge in [-0.3, -0.25) is 9.79 Å². The Bertz CT molecular complexity index is 404. The second-order valence-corrected chi connectivity index (χ2v) is 6.90. The van der Waals surface area contributed by atoms with Crippen LogP contribution in [0, 0.1) is 5.92 Å². The van der Waals surface area contributed by atoms with Crippen molar-refractivity contribution < 1.29 is 4.79 Å². The molecule has 6 heteroatoms. The molecule has 2 fully saturated rings. The molecule has 0 radical (unpaired) electrons. The van der Waals surface area contributed by atoms with Gasteiger partial charge in [0.05, 0.1) is 12.1 Å². The van der Waals surface area contributed by atoms with Gasteiger partial charge in [0.15, 0.2) is 5.96 Å². The van der Waals surface area contributed by atoms with Crippen molar-refractivity contribution in [2.45, 2.75) is 52.1 Å². The van der Waals surface area contributed by atoms with Crippen LogP contribution in [0.25, 0.3) is 0 Å². The highest BCUT2D eigenvalue weighted by atomic mass is 127. The number of rotatable bonds is 3. The fraction of sp³-hybridized carbons (Fsp3) is 0.867. The molecule has 2 aliphatic rings. The van der Waals surface area contributed by atoms with E-state index in [9.17, 15) is 4.79 Å². The maximum absolute atomic E-state index is 12.4. The van der Waals surface area contributed by atoms with Gasteiger partial charge in [-0.15, -0.1) is 24.0 Å². The lowest BCUT2D eigenvalue weighted by atomic mass is 9.96. The number of carbonyl (C=O) groups excluding carboxylic acids is 1. The van der Waals surface area contributed by atoms with E-state index in [1.54, 1.807) is 7.05 Å². The minimum absolute atomic E-state index is 0. The normalized spacial score (nSPS) is 22.4. The highest BCUT2D eigenvalue weighted by Gasteiger charge is 2.40. The van der Waals surface area contributed by atoms with E-state index < -0.39 is 0 Å². The van der Waals surface area contributed by atoms with Crippen molar-refractivity contribution in [3.63, 3.8) is 0 Å². The van der Waals surface area contributed by atoms with E-state index in [0.29, 0.717) is 6.54 Å². The van der Waals surface area contributed by atoms with Crippen LogP contribution in [-0.2, 0) is 4.79 Å². The van der Waals surface area contributed by atoms with Gasteiger partial charge in [0.1, 0.15) is 0 Å². The van der Waals surface area contributed by atoms with Crippen LogP contribution >= 0.6 is 24.0 Å². The Morgan fingerprint density at radius 3 is 2.48 bits per heavy atom. The number of amides is 1. The maximum atomic E-state index is 12.4. The third-order valence-electron chi connectivity index (χ3n) is 4.10. The summed E-state index contributed by atoms with van der Waals surface area (Å²) in [5.41, 5.74) is -0.166. The second-order valence-electron chi connectivity index (χ2n) is 6.90. The molecule has 122 valence electrons. The van der Waals surface area contributed by atoms with Crippen LogP contribution in [0.2, 0.25) is 0 Å². The Balaban J connectivity index is 0.00000220. The van der Waals surface area contributed by atoms with Crippen molar-refractivity contribution in [1.82, 2.24) is 15.1 Å². The standard InChI is InChI=1S/C15H28N4O.HI/c1-11(2)19-13(20)9-18(10-15(19,3)4)14(16-5)17-8-12-6-7-12;/h11-12H,6-10H2,1-5H3,(H,16,17);1H. The van der Waals surface area contributed by atoms with E-state index in [2.05, 4.69) is 42.9 Å². The molecule has 1 aliphatic heterocycles. The van der Waals surface area contributed by atoms with Crippen molar-refractivity contribution in [3.05, 3.63) is 0 Å². The van der Waals surface area contributed by atoms with Crippen molar-refractivity contribution in [3.8, 4) is 0 Å². The van der Waals surface area contributed by atoms with Gasteiger partial charge in [-0.2, -0.15) is 0 Å². The summed E-state index contributed by atoms with van der Waals surface area (Å²) >= 11 is 0. The number of halogens is 1. The molecule has 0 aromatic carbocycles. The molecule has 0 bridgehead atoms. The average Bonchev–Trinajstić information content (AvgIpc) is 3.10. The first-order chi connectivity index (χ1) is 9.35. The molecule has 0 aromatic rings. The van der Waals surface area contributed by atoms with Crippen molar-refractivity contribution in [2.24, 2.45) is 10.9 Å². The molecule has 21 heavy (non-hydrogen) atoms. The number of carbonyl (C=O) groups is 1. The molecule has 1 amide bonds. The molecule has 0 spiro atoms. The minimum atomic E-state index is -0.166. The summed E-state index contributed by atoms with van der Waals surface area (Å²) in [7, 11) is 1.79. The Morgan fingerprint density at radius 1 is 1.43 bits per heavy atom. The summed E-state index contributed by atoms with van der Waals surface area (Å²) in [5.74, 6) is 1.85. The Morgan fingerprint density at radius 2 is 2.05 bits per heavy atom. The molecule has 2 rings (SSSR count). The fourth-order valence-corrected chi connectivity index (χ4v) is 3.20. The molecule has 1 saturated heterocycles. The molecule has 1 N–H and O–H groups in total. The summed E-state index contributed by atoms with van der Waals surface area (Å²) in [4.78, 5) is 20.9. The van der Waals surface area contributed by atoms with Crippen molar-refractivity contribution >= 4 is 35.8 Å². The van der Waals surface area contributed by atoms with Gasteiger partial charge in [-0.05, 0) is 46.5 Å². The van der Waals surface area contributed by atoms with Crippen LogP contribution in [0.5, 0.6) is 0 Å². The first kappa shape index (κ1) is 18.5. The molecule has 0 aromatic heterocycles. The average molecular weight is 408 g/mol. The molecule has 1 aliphatic carbocycles. The lowest BCUT2D eigenvalue weighted by Gasteiger charge is -2.49. The van der Waals surface area contributed by atoms with Crippen LogP contribution < -0.4 is 5.32 Å². The molecule has 0 unspecified atom stereocenters. The van der Waals surface area contributed by atoms with Gasteiger partial charge in [0, 0.05) is 26.2 Å². The fourth-order valence-electron chi connectivity index (χ4n) is 3.20. The summed E-state index contributed by atoms with van der Waals surface area (Å²) in [6.45, 7) is 10.6. The number of guanidine groups is 1. The number of aliphatic imine (C=N–C) groups is 1. The SMILES string of the molecule is CN=C(NCC1CC1)N1CC(=O)N(C(C)C)C(C)(C)C1.I. The lowest BCUT2D eigenvalue weighted by molar-refractivity contribution is -0.145. The van der Waals surface area contributed by atoms with E-state index in [1.165, 1.54) is 12.8 Å². The van der Waals surface area contributed by atoms with E-state index in [4.69, 9.17) is 0 Å². The van der Waals surface area contributed by atoms with Crippen molar-refractivity contribution in [2.75, 3.05) is 26.7 Å². The zero-order chi connectivity index (χ0) is 14.9. The molecule has 1 saturated carbocycles. The van der Waals surface area contributed by atoms with Crippen LogP contribution in [0.3, 0.4) is 0 Å². The van der Waals surface area contributed by atoms with Crippen LogP contribution in [0.4, 0.5) is 0 Å². The van der Waals surface area contributed by atoms with E-state index in [1.807, 2.05) is 4.90 Å².